The summed E-state index contributed by atoms with van der Waals surface area (Å²) in [5.41, 5.74) is 2.19. The highest BCUT2D eigenvalue weighted by atomic mass is 32.1. The predicted octanol–water partition coefficient (Wildman–Crippen LogP) is 2.97. The minimum atomic E-state index is -0.246. The highest BCUT2D eigenvalue weighted by Gasteiger charge is 2.18. The second kappa shape index (κ2) is 6.61. The number of thiophene rings is 1. The molecule has 0 atom stereocenters. The molecule has 0 fully saturated rings. The van der Waals surface area contributed by atoms with Crippen LogP contribution in [0, 0.1) is 0 Å². The molecule has 0 spiro atoms. The first-order valence-corrected chi connectivity index (χ1v) is 9.78. The molecule has 0 N–H and O–H groups in total. The van der Waals surface area contributed by atoms with Gasteiger partial charge < -0.3 is 0 Å². The second-order valence-corrected chi connectivity index (χ2v) is 7.49. The molecule has 2 aromatic carbocycles. The lowest BCUT2D eigenvalue weighted by molar-refractivity contribution is 0.654. The van der Waals surface area contributed by atoms with Gasteiger partial charge in [-0.05, 0) is 22.6 Å². The number of hydrogen-bond acceptors (Lipinski definition) is 4. The molecule has 5 rings (SSSR count). The molecule has 0 unspecified atom stereocenters. The largest absolute Gasteiger partial charge is 0.352 e. The van der Waals surface area contributed by atoms with E-state index in [1.807, 2.05) is 66.0 Å². The molecular formula is C21H16N4O2S. The Kier molecular flexibility index (Phi) is 3.95. The van der Waals surface area contributed by atoms with Gasteiger partial charge in [-0.3, -0.25) is 9.36 Å². The monoisotopic (exact) mass is 388 g/mol. The zero-order chi connectivity index (χ0) is 19.1. The van der Waals surface area contributed by atoms with E-state index in [-0.39, 0.29) is 11.2 Å². The van der Waals surface area contributed by atoms with Crippen molar-refractivity contribution >= 4 is 27.3 Å². The van der Waals surface area contributed by atoms with Gasteiger partial charge in [0.15, 0.2) is 0 Å². The summed E-state index contributed by atoms with van der Waals surface area (Å²) in [6.07, 6.45) is 0. The van der Waals surface area contributed by atoms with E-state index in [1.54, 1.807) is 15.0 Å². The molecule has 0 saturated carbocycles. The molecule has 28 heavy (non-hydrogen) atoms. The van der Waals surface area contributed by atoms with E-state index < -0.39 is 0 Å². The van der Waals surface area contributed by atoms with Gasteiger partial charge in [0.25, 0.3) is 5.56 Å². The van der Waals surface area contributed by atoms with Crippen LogP contribution >= 0.6 is 11.3 Å². The summed E-state index contributed by atoms with van der Waals surface area (Å²) in [5, 5.41) is 6.36. The fraction of sp³-hybridized carbons (Fsp3) is 0.0952. The first-order chi connectivity index (χ1) is 13.7. The van der Waals surface area contributed by atoms with Crippen molar-refractivity contribution in [2.45, 2.75) is 13.1 Å². The average Bonchev–Trinajstić information content (AvgIpc) is 3.32. The van der Waals surface area contributed by atoms with Crippen molar-refractivity contribution in [1.29, 1.82) is 0 Å². The Bertz CT molecular complexity index is 1400. The van der Waals surface area contributed by atoms with Crippen LogP contribution in [0.3, 0.4) is 0 Å². The van der Waals surface area contributed by atoms with Crippen LogP contribution in [0.1, 0.15) is 11.1 Å². The Morgan fingerprint density at radius 2 is 1.46 bits per heavy atom. The van der Waals surface area contributed by atoms with Gasteiger partial charge in [-0.1, -0.05) is 60.7 Å². The van der Waals surface area contributed by atoms with Gasteiger partial charge >= 0.3 is 5.69 Å². The molecule has 0 bridgehead atoms. The van der Waals surface area contributed by atoms with E-state index >= 15 is 0 Å². The summed E-state index contributed by atoms with van der Waals surface area (Å²) < 4.78 is 5.10. The van der Waals surface area contributed by atoms with Crippen LogP contribution in [-0.4, -0.2) is 18.7 Å². The summed E-state index contributed by atoms with van der Waals surface area (Å²) >= 11 is 1.35. The van der Waals surface area contributed by atoms with Gasteiger partial charge in [-0.15, -0.1) is 16.4 Å². The van der Waals surface area contributed by atoms with E-state index in [9.17, 15) is 9.59 Å². The summed E-state index contributed by atoms with van der Waals surface area (Å²) in [5.74, 6) is 0.362. The summed E-state index contributed by atoms with van der Waals surface area (Å²) in [4.78, 5) is 26.2. The Labute approximate surface area is 163 Å². The zero-order valence-electron chi connectivity index (χ0n) is 14.9. The molecule has 0 radical (unpaired) electrons. The van der Waals surface area contributed by atoms with E-state index in [1.165, 1.54) is 16.0 Å². The van der Waals surface area contributed by atoms with E-state index in [4.69, 9.17) is 0 Å². The highest BCUT2D eigenvalue weighted by molar-refractivity contribution is 7.17. The first-order valence-electron chi connectivity index (χ1n) is 8.90. The van der Waals surface area contributed by atoms with Crippen LogP contribution in [0.2, 0.25) is 0 Å². The molecule has 5 aromatic rings. The third kappa shape index (κ3) is 2.68. The fourth-order valence-electron chi connectivity index (χ4n) is 3.40. The van der Waals surface area contributed by atoms with Crippen molar-refractivity contribution in [3.05, 3.63) is 104 Å². The van der Waals surface area contributed by atoms with Crippen LogP contribution in [0.25, 0.3) is 16.0 Å². The Balaban J connectivity index is 1.76. The lowest BCUT2D eigenvalue weighted by Crippen LogP contribution is -2.26. The Morgan fingerprint density at radius 1 is 0.821 bits per heavy atom. The molecule has 3 aromatic heterocycles. The predicted molar refractivity (Wildman–Crippen MR) is 110 cm³/mol. The SMILES string of the molecule is O=c1c2sccc2n2c(=O)n(Cc3ccccc3)nc2n1Cc1ccccc1. The Hall–Kier alpha value is -3.45. The molecule has 0 aliphatic heterocycles. The van der Waals surface area contributed by atoms with Crippen molar-refractivity contribution in [2.75, 3.05) is 0 Å². The maximum absolute atomic E-state index is 13.1. The van der Waals surface area contributed by atoms with Crippen LogP contribution in [0.15, 0.2) is 81.7 Å². The van der Waals surface area contributed by atoms with Gasteiger partial charge in [-0.2, -0.15) is 0 Å². The van der Waals surface area contributed by atoms with E-state index in [0.29, 0.717) is 29.1 Å². The van der Waals surface area contributed by atoms with E-state index in [2.05, 4.69) is 5.10 Å². The number of fused-ring (bicyclic) bond motifs is 3. The third-order valence-electron chi connectivity index (χ3n) is 4.75. The maximum atomic E-state index is 13.1. The standard InChI is InChI=1S/C21H16N4O2S/c26-19-18-17(11-12-28-18)25-20(23(19)13-15-7-3-1-4-8-15)22-24(21(25)27)14-16-9-5-2-6-10-16/h1-12H,13-14H2. The van der Waals surface area contributed by atoms with Crippen LogP contribution in [-0.2, 0) is 13.1 Å². The van der Waals surface area contributed by atoms with Gasteiger partial charge in [0.2, 0.25) is 5.78 Å². The smallest absolute Gasteiger partial charge is 0.271 e. The molecule has 3 heterocycles. The molecule has 7 heteroatoms. The van der Waals surface area contributed by atoms with Gasteiger partial charge in [0.1, 0.15) is 4.70 Å². The van der Waals surface area contributed by atoms with Crippen molar-refractivity contribution in [1.82, 2.24) is 18.7 Å². The molecule has 0 saturated heterocycles. The number of benzene rings is 2. The first kappa shape index (κ1) is 16.7. The molecule has 0 aliphatic carbocycles. The minimum absolute atomic E-state index is 0.127. The molecule has 6 nitrogen and oxygen atoms in total. The topological polar surface area (TPSA) is 61.3 Å². The van der Waals surface area contributed by atoms with E-state index in [0.717, 1.165) is 11.1 Å². The van der Waals surface area contributed by atoms with Crippen molar-refractivity contribution < 1.29 is 0 Å². The number of rotatable bonds is 4. The fourth-order valence-corrected chi connectivity index (χ4v) is 4.23. The van der Waals surface area contributed by atoms with Crippen molar-refractivity contribution in [2.24, 2.45) is 0 Å². The number of hydrogen-bond donors (Lipinski definition) is 0. The minimum Gasteiger partial charge on any atom is -0.271 e. The molecule has 0 aliphatic rings. The lowest BCUT2D eigenvalue weighted by atomic mass is 10.2. The number of nitrogens with zero attached hydrogens (tertiary/aromatic N) is 4. The Morgan fingerprint density at radius 3 is 2.14 bits per heavy atom. The van der Waals surface area contributed by atoms with Crippen LogP contribution in [0.5, 0.6) is 0 Å². The molecular weight excluding hydrogens is 372 g/mol. The van der Waals surface area contributed by atoms with Gasteiger partial charge in [0, 0.05) is 0 Å². The normalized spacial score (nSPS) is 11.4. The van der Waals surface area contributed by atoms with Crippen molar-refractivity contribution in [3.63, 3.8) is 0 Å². The van der Waals surface area contributed by atoms with Crippen molar-refractivity contribution in [3.8, 4) is 0 Å². The lowest BCUT2D eigenvalue weighted by Gasteiger charge is -2.07. The van der Waals surface area contributed by atoms with Crippen LogP contribution in [0.4, 0.5) is 0 Å². The molecule has 0 amide bonds. The summed E-state index contributed by atoms with van der Waals surface area (Å²) in [6, 6.07) is 21.2. The highest BCUT2D eigenvalue weighted by Crippen LogP contribution is 2.18. The summed E-state index contributed by atoms with van der Waals surface area (Å²) in [7, 11) is 0. The quantitative estimate of drug-likeness (QED) is 0.476. The van der Waals surface area contributed by atoms with Crippen LogP contribution < -0.4 is 11.2 Å². The second-order valence-electron chi connectivity index (χ2n) is 6.57. The van der Waals surface area contributed by atoms with Gasteiger partial charge in [0.05, 0.1) is 18.6 Å². The van der Waals surface area contributed by atoms with Gasteiger partial charge in [-0.25, -0.2) is 13.9 Å². The average molecular weight is 388 g/mol. The molecule has 138 valence electrons. The third-order valence-corrected chi connectivity index (χ3v) is 5.64. The zero-order valence-corrected chi connectivity index (χ0v) is 15.7. The number of aromatic nitrogens is 4. The maximum Gasteiger partial charge on any atom is 0.352 e. The summed E-state index contributed by atoms with van der Waals surface area (Å²) in [6.45, 7) is 0.714.